The van der Waals surface area contributed by atoms with E-state index in [1.165, 1.54) is 11.3 Å². The van der Waals surface area contributed by atoms with Gasteiger partial charge in [0.2, 0.25) is 5.92 Å². The standard InChI is InChI=1S/C12H16ClF2NS/c1-16-10(6-9-2-3-11(13)17-9)8-4-5-12(14,15)7-8/h2-3,8,10,16H,4-7H2,1H3. The van der Waals surface area contributed by atoms with Crippen LogP contribution in [0, 0.1) is 5.92 Å². The van der Waals surface area contributed by atoms with E-state index in [0.717, 1.165) is 15.6 Å². The minimum Gasteiger partial charge on any atom is -0.316 e. The number of hydrogen-bond acceptors (Lipinski definition) is 2. The summed E-state index contributed by atoms with van der Waals surface area (Å²) in [6.07, 6.45) is 1.44. The van der Waals surface area contributed by atoms with Crippen molar-refractivity contribution < 1.29 is 8.78 Å². The Morgan fingerprint density at radius 3 is 2.82 bits per heavy atom. The van der Waals surface area contributed by atoms with Crippen molar-refractivity contribution in [2.45, 2.75) is 37.6 Å². The monoisotopic (exact) mass is 279 g/mol. The molecule has 1 N–H and O–H groups in total. The van der Waals surface area contributed by atoms with E-state index in [2.05, 4.69) is 5.32 Å². The quantitative estimate of drug-likeness (QED) is 0.879. The Kier molecular flexibility index (Phi) is 4.06. The van der Waals surface area contributed by atoms with Gasteiger partial charge in [-0.25, -0.2) is 8.78 Å². The van der Waals surface area contributed by atoms with Gasteiger partial charge in [0, 0.05) is 23.8 Å². The Balaban J connectivity index is 1.98. The van der Waals surface area contributed by atoms with Gasteiger partial charge < -0.3 is 5.32 Å². The Morgan fingerprint density at radius 1 is 1.59 bits per heavy atom. The van der Waals surface area contributed by atoms with Crippen molar-refractivity contribution in [2.24, 2.45) is 5.92 Å². The molecule has 0 amide bonds. The first kappa shape index (κ1) is 13.2. The van der Waals surface area contributed by atoms with Crippen molar-refractivity contribution in [1.29, 1.82) is 0 Å². The predicted molar refractivity (Wildman–Crippen MR) is 68.2 cm³/mol. The minimum absolute atomic E-state index is 0.0115. The van der Waals surface area contributed by atoms with Crippen molar-refractivity contribution in [3.05, 3.63) is 21.3 Å². The number of likely N-dealkylation sites (N-methyl/N-ethyl adjacent to an activating group) is 1. The molecule has 1 aliphatic rings. The van der Waals surface area contributed by atoms with Gasteiger partial charge in [0.15, 0.2) is 0 Å². The minimum atomic E-state index is -2.47. The van der Waals surface area contributed by atoms with Crippen molar-refractivity contribution in [2.75, 3.05) is 7.05 Å². The maximum Gasteiger partial charge on any atom is 0.248 e. The normalized spacial score (nSPS) is 25.1. The van der Waals surface area contributed by atoms with Crippen LogP contribution in [-0.2, 0) is 6.42 Å². The van der Waals surface area contributed by atoms with Crippen LogP contribution >= 0.6 is 22.9 Å². The second kappa shape index (κ2) is 5.21. The van der Waals surface area contributed by atoms with E-state index in [1.54, 1.807) is 0 Å². The highest BCUT2D eigenvalue weighted by atomic mass is 35.5. The van der Waals surface area contributed by atoms with E-state index < -0.39 is 5.92 Å². The van der Waals surface area contributed by atoms with Crippen molar-refractivity contribution >= 4 is 22.9 Å². The second-order valence-corrected chi connectivity index (χ2v) is 6.46. The van der Waals surface area contributed by atoms with Crippen LogP contribution in [-0.4, -0.2) is 19.0 Å². The molecule has 2 unspecified atom stereocenters. The van der Waals surface area contributed by atoms with Crippen molar-refractivity contribution in [3.63, 3.8) is 0 Å². The molecule has 0 saturated heterocycles. The van der Waals surface area contributed by atoms with Gasteiger partial charge in [-0.2, -0.15) is 0 Å². The fourth-order valence-electron chi connectivity index (χ4n) is 2.51. The summed E-state index contributed by atoms with van der Waals surface area (Å²) in [4.78, 5) is 1.16. The van der Waals surface area contributed by atoms with Gasteiger partial charge in [-0.1, -0.05) is 11.6 Å². The van der Waals surface area contributed by atoms with Crippen LogP contribution < -0.4 is 5.32 Å². The number of thiophene rings is 1. The molecule has 96 valence electrons. The van der Waals surface area contributed by atoms with Gasteiger partial charge in [-0.3, -0.25) is 0 Å². The lowest BCUT2D eigenvalue weighted by atomic mass is 9.95. The predicted octanol–water partition coefficient (Wildman–Crippen LogP) is 3.97. The Bertz CT molecular complexity index is 380. The third-order valence-corrected chi connectivity index (χ3v) is 4.68. The first-order valence-electron chi connectivity index (χ1n) is 5.79. The molecule has 0 spiro atoms. The fourth-order valence-corrected chi connectivity index (χ4v) is 3.66. The lowest BCUT2D eigenvalue weighted by molar-refractivity contribution is 0.00345. The fraction of sp³-hybridized carbons (Fsp3) is 0.667. The summed E-state index contributed by atoms with van der Waals surface area (Å²) in [7, 11) is 1.84. The lowest BCUT2D eigenvalue weighted by Gasteiger charge is -2.22. The molecule has 1 nitrogen and oxygen atoms in total. The molecule has 5 heteroatoms. The summed E-state index contributed by atoms with van der Waals surface area (Å²) in [5.74, 6) is -2.40. The van der Waals surface area contributed by atoms with Gasteiger partial charge >= 0.3 is 0 Å². The van der Waals surface area contributed by atoms with Gasteiger partial charge in [0.1, 0.15) is 0 Å². The maximum atomic E-state index is 13.2. The number of hydrogen-bond donors (Lipinski definition) is 1. The van der Waals surface area contributed by atoms with Crippen LogP contribution in [0.1, 0.15) is 24.1 Å². The lowest BCUT2D eigenvalue weighted by Crippen LogP contribution is -2.34. The van der Waals surface area contributed by atoms with Gasteiger partial charge in [-0.15, -0.1) is 11.3 Å². The van der Waals surface area contributed by atoms with E-state index in [9.17, 15) is 8.78 Å². The highest BCUT2D eigenvalue weighted by molar-refractivity contribution is 7.16. The molecule has 2 rings (SSSR count). The first-order valence-corrected chi connectivity index (χ1v) is 6.99. The Morgan fingerprint density at radius 2 is 2.35 bits per heavy atom. The SMILES string of the molecule is CNC(Cc1ccc(Cl)s1)C1CCC(F)(F)C1. The molecule has 1 aliphatic carbocycles. The summed E-state index contributed by atoms with van der Waals surface area (Å²) < 4.78 is 27.1. The molecule has 2 atom stereocenters. The Hall–Kier alpha value is -0.190. The van der Waals surface area contributed by atoms with Gasteiger partial charge in [-0.05, 0) is 37.9 Å². The molecule has 0 aromatic carbocycles. The van der Waals surface area contributed by atoms with E-state index in [0.29, 0.717) is 6.42 Å². The van der Waals surface area contributed by atoms with Gasteiger partial charge in [0.25, 0.3) is 0 Å². The van der Waals surface area contributed by atoms with E-state index in [4.69, 9.17) is 11.6 Å². The van der Waals surface area contributed by atoms with Crippen LogP contribution in [0.15, 0.2) is 12.1 Å². The highest BCUT2D eigenvalue weighted by Crippen LogP contribution is 2.41. The summed E-state index contributed by atoms with van der Waals surface area (Å²) >= 11 is 7.40. The summed E-state index contributed by atoms with van der Waals surface area (Å²) in [5, 5.41) is 3.17. The molecule has 1 fully saturated rings. The molecular weight excluding hydrogens is 264 g/mol. The Labute approximate surface area is 109 Å². The molecule has 1 aromatic heterocycles. The van der Waals surface area contributed by atoms with Gasteiger partial charge in [0.05, 0.1) is 4.34 Å². The zero-order valence-corrected chi connectivity index (χ0v) is 11.3. The second-order valence-electron chi connectivity index (χ2n) is 4.66. The first-order chi connectivity index (χ1) is 8.00. The van der Waals surface area contributed by atoms with Crippen LogP contribution in [0.5, 0.6) is 0 Å². The molecule has 0 bridgehead atoms. The zero-order chi connectivity index (χ0) is 12.5. The summed E-state index contributed by atoms with van der Waals surface area (Å²) in [6, 6.07) is 3.96. The molecule has 1 heterocycles. The number of rotatable bonds is 4. The van der Waals surface area contributed by atoms with E-state index >= 15 is 0 Å². The average molecular weight is 280 g/mol. The largest absolute Gasteiger partial charge is 0.316 e. The smallest absolute Gasteiger partial charge is 0.248 e. The van der Waals surface area contributed by atoms with Crippen LogP contribution in [0.25, 0.3) is 0 Å². The molecule has 1 saturated carbocycles. The molecule has 1 aromatic rings. The molecule has 0 aliphatic heterocycles. The molecular formula is C12H16ClF2NS. The third kappa shape index (κ3) is 3.39. The van der Waals surface area contributed by atoms with E-state index in [1.807, 2.05) is 19.2 Å². The number of nitrogens with one attached hydrogen (secondary N) is 1. The summed E-state index contributed by atoms with van der Waals surface area (Å²) in [5.41, 5.74) is 0. The zero-order valence-electron chi connectivity index (χ0n) is 9.68. The highest BCUT2D eigenvalue weighted by Gasteiger charge is 2.42. The summed E-state index contributed by atoms with van der Waals surface area (Å²) in [6.45, 7) is 0. The molecule has 17 heavy (non-hydrogen) atoms. The van der Waals surface area contributed by atoms with Crippen molar-refractivity contribution in [3.8, 4) is 0 Å². The topological polar surface area (TPSA) is 12.0 Å². The molecule has 0 radical (unpaired) electrons. The van der Waals surface area contributed by atoms with Crippen LogP contribution in [0.2, 0.25) is 4.34 Å². The van der Waals surface area contributed by atoms with Crippen molar-refractivity contribution in [1.82, 2.24) is 5.32 Å². The number of halogens is 3. The van der Waals surface area contributed by atoms with E-state index in [-0.39, 0.29) is 24.8 Å². The number of alkyl halides is 2. The van der Waals surface area contributed by atoms with Crippen LogP contribution in [0.4, 0.5) is 8.78 Å². The average Bonchev–Trinajstić information content (AvgIpc) is 2.81. The van der Waals surface area contributed by atoms with Crippen LogP contribution in [0.3, 0.4) is 0 Å². The maximum absolute atomic E-state index is 13.2. The third-order valence-electron chi connectivity index (χ3n) is 3.43.